The van der Waals surface area contributed by atoms with E-state index in [0.717, 1.165) is 17.3 Å². The normalized spacial score (nSPS) is 15.7. The van der Waals surface area contributed by atoms with Crippen molar-refractivity contribution in [3.05, 3.63) is 41.2 Å². The van der Waals surface area contributed by atoms with Crippen LogP contribution in [0.2, 0.25) is 0 Å². The van der Waals surface area contributed by atoms with Crippen molar-refractivity contribution in [3.8, 4) is 11.5 Å². The average Bonchev–Trinajstić information content (AvgIpc) is 3.17. The van der Waals surface area contributed by atoms with Gasteiger partial charge in [0.15, 0.2) is 5.78 Å². The summed E-state index contributed by atoms with van der Waals surface area (Å²) in [4.78, 5) is 33.1. The predicted octanol–water partition coefficient (Wildman–Crippen LogP) is 2.32. The number of hydrogen-bond donors (Lipinski definition) is 0. The minimum absolute atomic E-state index is 0.00668. The first-order chi connectivity index (χ1) is 14.5. The number of rotatable bonds is 6. The SMILES string of the molecule is COC(=O)CSc1nc2nc3c(cn2n1)C(=O)CC(c1ccc(OC)cc1OC)C3. The molecule has 0 aliphatic heterocycles. The molecule has 1 unspecified atom stereocenters. The molecule has 9 nitrogen and oxygen atoms in total. The number of hydrogen-bond acceptors (Lipinski definition) is 9. The summed E-state index contributed by atoms with van der Waals surface area (Å²) < 4.78 is 16.9. The highest BCUT2D eigenvalue weighted by Crippen LogP contribution is 2.38. The number of ether oxygens (including phenoxy) is 3. The Labute approximate surface area is 176 Å². The van der Waals surface area contributed by atoms with Gasteiger partial charge in [0.05, 0.1) is 38.3 Å². The second-order valence-corrected chi connectivity index (χ2v) is 7.68. The lowest BCUT2D eigenvalue weighted by atomic mass is 9.82. The number of carbonyl (C=O) groups excluding carboxylic acids is 2. The first kappa shape index (κ1) is 20.1. The molecule has 0 amide bonds. The molecule has 30 heavy (non-hydrogen) atoms. The van der Waals surface area contributed by atoms with Gasteiger partial charge in [-0.15, -0.1) is 5.10 Å². The van der Waals surface area contributed by atoms with Crippen LogP contribution >= 0.6 is 11.8 Å². The smallest absolute Gasteiger partial charge is 0.316 e. The Morgan fingerprint density at radius 1 is 1.20 bits per heavy atom. The molecule has 156 valence electrons. The van der Waals surface area contributed by atoms with Crippen molar-refractivity contribution in [2.75, 3.05) is 27.1 Å². The van der Waals surface area contributed by atoms with E-state index in [2.05, 4.69) is 19.8 Å². The lowest BCUT2D eigenvalue weighted by Gasteiger charge is -2.24. The number of ketones is 1. The molecule has 0 spiro atoms. The Hall–Kier alpha value is -3.14. The summed E-state index contributed by atoms with van der Waals surface area (Å²) in [6.07, 6.45) is 2.59. The van der Waals surface area contributed by atoms with Crippen molar-refractivity contribution in [2.24, 2.45) is 0 Å². The van der Waals surface area contributed by atoms with Crippen LogP contribution < -0.4 is 9.47 Å². The molecule has 2 aromatic heterocycles. The molecular formula is C20H20N4O5S. The Bertz CT molecular complexity index is 1130. The molecule has 0 radical (unpaired) electrons. The van der Waals surface area contributed by atoms with Crippen molar-refractivity contribution in [2.45, 2.75) is 23.9 Å². The second-order valence-electron chi connectivity index (χ2n) is 6.74. The van der Waals surface area contributed by atoms with Crippen molar-refractivity contribution >= 4 is 29.3 Å². The van der Waals surface area contributed by atoms with Crippen LogP contribution in [-0.4, -0.2) is 58.4 Å². The number of Topliss-reactive ketones (excluding diaryl/α,β-unsaturated/α-hetero) is 1. The highest BCUT2D eigenvalue weighted by atomic mass is 32.2. The van der Waals surface area contributed by atoms with E-state index in [9.17, 15) is 9.59 Å². The maximum Gasteiger partial charge on any atom is 0.316 e. The van der Waals surface area contributed by atoms with Gasteiger partial charge in [-0.3, -0.25) is 9.59 Å². The van der Waals surface area contributed by atoms with Crippen molar-refractivity contribution in [1.29, 1.82) is 0 Å². The van der Waals surface area contributed by atoms with Crippen LogP contribution in [-0.2, 0) is 16.0 Å². The summed E-state index contributed by atoms with van der Waals surface area (Å²) in [6.45, 7) is 0. The number of benzene rings is 1. The summed E-state index contributed by atoms with van der Waals surface area (Å²) in [7, 11) is 4.53. The number of methoxy groups -OCH3 is 3. The fourth-order valence-corrected chi connectivity index (χ4v) is 4.14. The summed E-state index contributed by atoms with van der Waals surface area (Å²) >= 11 is 1.16. The molecule has 0 saturated carbocycles. The van der Waals surface area contributed by atoms with E-state index < -0.39 is 0 Å². The fraction of sp³-hybridized carbons (Fsp3) is 0.350. The van der Waals surface area contributed by atoms with Gasteiger partial charge in [-0.2, -0.15) is 4.98 Å². The minimum atomic E-state index is -0.363. The Balaban J connectivity index is 1.64. The predicted molar refractivity (Wildman–Crippen MR) is 108 cm³/mol. The topological polar surface area (TPSA) is 105 Å². The molecule has 1 aliphatic carbocycles. The molecular weight excluding hydrogens is 408 g/mol. The third kappa shape index (κ3) is 3.82. The van der Waals surface area contributed by atoms with Gasteiger partial charge in [0.1, 0.15) is 11.5 Å². The van der Waals surface area contributed by atoms with Gasteiger partial charge in [0.2, 0.25) is 5.16 Å². The molecule has 0 N–H and O–H groups in total. The molecule has 2 heterocycles. The lowest BCUT2D eigenvalue weighted by molar-refractivity contribution is -0.137. The number of carbonyl (C=O) groups is 2. The molecule has 1 atom stereocenters. The van der Waals surface area contributed by atoms with Crippen LogP contribution in [0.3, 0.4) is 0 Å². The number of thioether (sulfide) groups is 1. The fourth-order valence-electron chi connectivity index (χ4n) is 3.48. The summed E-state index contributed by atoms with van der Waals surface area (Å²) in [6, 6.07) is 5.60. The van der Waals surface area contributed by atoms with Gasteiger partial charge in [-0.05, 0) is 18.1 Å². The third-order valence-electron chi connectivity index (χ3n) is 4.99. The average molecular weight is 428 g/mol. The maximum atomic E-state index is 12.9. The van der Waals surface area contributed by atoms with Crippen LogP contribution in [0.25, 0.3) is 5.78 Å². The first-order valence-corrected chi connectivity index (χ1v) is 10.2. The number of esters is 1. The largest absolute Gasteiger partial charge is 0.497 e. The van der Waals surface area contributed by atoms with Crippen LogP contribution in [0.15, 0.2) is 29.6 Å². The minimum Gasteiger partial charge on any atom is -0.497 e. The van der Waals surface area contributed by atoms with Gasteiger partial charge >= 0.3 is 5.97 Å². The zero-order valence-corrected chi connectivity index (χ0v) is 17.6. The van der Waals surface area contributed by atoms with Crippen LogP contribution in [0.4, 0.5) is 0 Å². The molecule has 0 fully saturated rings. The van der Waals surface area contributed by atoms with Crippen LogP contribution in [0.5, 0.6) is 11.5 Å². The molecule has 0 saturated heterocycles. The first-order valence-electron chi connectivity index (χ1n) is 9.23. The second kappa shape index (κ2) is 8.31. The van der Waals surface area contributed by atoms with Gasteiger partial charge < -0.3 is 14.2 Å². The van der Waals surface area contributed by atoms with E-state index in [1.807, 2.05) is 18.2 Å². The maximum absolute atomic E-state index is 12.9. The number of nitrogens with zero attached hydrogens (tertiary/aromatic N) is 4. The molecule has 1 aliphatic rings. The Morgan fingerprint density at radius 2 is 2.03 bits per heavy atom. The van der Waals surface area contributed by atoms with E-state index >= 15 is 0 Å². The molecule has 1 aromatic carbocycles. The highest BCUT2D eigenvalue weighted by molar-refractivity contribution is 7.99. The molecule has 4 rings (SSSR count). The van der Waals surface area contributed by atoms with E-state index in [4.69, 9.17) is 9.47 Å². The van der Waals surface area contributed by atoms with Crippen molar-refractivity contribution < 1.29 is 23.8 Å². The van der Waals surface area contributed by atoms with Gasteiger partial charge in [-0.1, -0.05) is 17.8 Å². The third-order valence-corrected chi connectivity index (χ3v) is 5.80. The lowest BCUT2D eigenvalue weighted by Crippen LogP contribution is -2.21. The van der Waals surface area contributed by atoms with Gasteiger partial charge in [-0.25, -0.2) is 9.50 Å². The standard InChI is InChI=1S/C20H20N4O5S/c1-27-12-4-5-13(17(8-12)28-2)11-6-15-14(16(25)7-11)9-24-19(21-15)22-20(23-24)30-10-18(26)29-3/h4-5,8-9,11H,6-7,10H2,1-3H3. The van der Waals surface area contributed by atoms with Crippen molar-refractivity contribution in [1.82, 2.24) is 19.6 Å². The summed E-state index contributed by atoms with van der Waals surface area (Å²) in [5, 5.41) is 4.70. The number of aromatic nitrogens is 4. The summed E-state index contributed by atoms with van der Waals surface area (Å²) in [5.41, 5.74) is 2.16. The van der Waals surface area contributed by atoms with Gasteiger partial charge in [0, 0.05) is 24.6 Å². The van der Waals surface area contributed by atoms with Crippen LogP contribution in [0, 0.1) is 0 Å². The van der Waals surface area contributed by atoms with Gasteiger partial charge in [0.25, 0.3) is 5.78 Å². The Morgan fingerprint density at radius 3 is 2.77 bits per heavy atom. The van der Waals surface area contributed by atoms with E-state index in [-0.39, 0.29) is 23.4 Å². The highest BCUT2D eigenvalue weighted by Gasteiger charge is 2.30. The number of fused-ring (bicyclic) bond motifs is 2. The van der Waals surface area contributed by atoms with E-state index in [1.54, 1.807) is 20.4 Å². The quantitative estimate of drug-likeness (QED) is 0.432. The van der Waals surface area contributed by atoms with E-state index in [1.165, 1.54) is 11.6 Å². The zero-order valence-electron chi connectivity index (χ0n) is 16.7. The molecule has 0 bridgehead atoms. The van der Waals surface area contributed by atoms with Crippen molar-refractivity contribution in [3.63, 3.8) is 0 Å². The van der Waals surface area contributed by atoms with E-state index in [0.29, 0.717) is 46.5 Å². The van der Waals surface area contributed by atoms with Crippen LogP contribution in [0.1, 0.15) is 34.0 Å². The Kier molecular flexibility index (Phi) is 5.58. The zero-order chi connectivity index (χ0) is 21.3. The monoisotopic (exact) mass is 428 g/mol. The molecule has 10 heteroatoms. The molecule has 3 aromatic rings. The summed E-state index contributed by atoms with van der Waals surface area (Å²) in [5.74, 6) is 1.43.